The van der Waals surface area contributed by atoms with Gasteiger partial charge in [0.2, 0.25) is 11.7 Å². The van der Waals surface area contributed by atoms with Crippen LogP contribution in [0.15, 0.2) is 53.8 Å². The van der Waals surface area contributed by atoms with Gasteiger partial charge in [-0.05, 0) is 24.5 Å². The van der Waals surface area contributed by atoms with Crippen molar-refractivity contribution in [2.24, 2.45) is 0 Å². The Morgan fingerprint density at radius 1 is 1.20 bits per heavy atom. The number of pyridine rings is 1. The van der Waals surface area contributed by atoms with Crippen molar-refractivity contribution in [3.8, 4) is 0 Å². The molecule has 11 heteroatoms. The molecular formula is C24H27N7O3S. The summed E-state index contributed by atoms with van der Waals surface area (Å²) in [6.45, 7) is 2.00. The van der Waals surface area contributed by atoms with E-state index < -0.39 is 11.9 Å². The normalized spacial score (nSPS) is 18.6. The molecule has 0 radical (unpaired) electrons. The van der Waals surface area contributed by atoms with Crippen LogP contribution in [0.2, 0.25) is 0 Å². The molecule has 0 saturated carbocycles. The Balaban J connectivity index is 1.24. The monoisotopic (exact) mass is 493 g/mol. The van der Waals surface area contributed by atoms with Gasteiger partial charge in [0.1, 0.15) is 18.2 Å². The smallest absolute Gasteiger partial charge is 0.291 e. The van der Waals surface area contributed by atoms with E-state index in [0.29, 0.717) is 18.3 Å². The lowest BCUT2D eigenvalue weighted by Gasteiger charge is -2.24. The van der Waals surface area contributed by atoms with Gasteiger partial charge in [0.15, 0.2) is 0 Å². The number of hydrogen-bond donors (Lipinski definition) is 2. The van der Waals surface area contributed by atoms with Crippen LogP contribution in [0, 0.1) is 0 Å². The van der Waals surface area contributed by atoms with Gasteiger partial charge < -0.3 is 20.3 Å². The molecule has 0 bridgehead atoms. The first kappa shape index (κ1) is 23.3. The zero-order valence-corrected chi connectivity index (χ0v) is 20.2. The number of fused-ring (bicyclic) bond motifs is 1. The summed E-state index contributed by atoms with van der Waals surface area (Å²) < 4.78 is 7.03. The number of carbonyl (C=O) groups excluding carboxylic acids is 2. The van der Waals surface area contributed by atoms with Crippen molar-refractivity contribution in [2.75, 3.05) is 36.2 Å². The molecule has 35 heavy (non-hydrogen) atoms. The summed E-state index contributed by atoms with van der Waals surface area (Å²) in [5.41, 5.74) is 1.78. The summed E-state index contributed by atoms with van der Waals surface area (Å²) in [5, 5.41) is 10.6. The highest BCUT2D eigenvalue weighted by atomic mass is 32.2. The summed E-state index contributed by atoms with van der Waals surface area (Å²) in [4.78, 5) is 37.1. The number of anilines is 2. The van der Waals surface area contributed by atoms with Gasteiger partial charge in [-0.2, -0.15) is 0 Å². The number of hydrogen-bond acceptors (Lipinski definition) is 8. The van der Waals surface area contributed by atoms with Gasteiger partial charge in [-0.15, -0.1) is 16.9 Å². The Morgan fingerprint density at radius 3 is 2.80 bits per heavy atom. The molecule has 2 aromatic heterocycles. The number of nitrogens with one attached hydrogen (secondary N) is 2. The topological polar surface area (TPSA) is 114 Å². The van der Waals surface area contributed by atoms with Crippen LogP contribution in [-0.2, 0) is 16.1 Å². The van der Waals surface area contributed by atoms with Gasteiger partial charge in [-0.3, -0.25) is 9.59 Å². The minimum Gasteiger partial charge on any atom is -0.381 e. The van der Waals surface area contributed by atoms with E-state index >= 15 is 0 Å². The summed E-state index contributed by atoms with van der Waals surface area (Å²) in [6.07, 6.45) is 5.10. The van der Waals surface area contributed by atoms with Crippen LogP contribution in [0.3, 0.4) is 0 Å². The number of thioether (sulfide) groups is 1. The Kier molecular flexibility index (Phi) is 6.96. The molecular weight excluding hydrogens is 466 g/mol. The molecule has 0 spiro atoms. The molecule has 182 valence electrons. The Labute approximate surface area is 207 Å². The van der Waals surface area contributed by atoms with E-state index in [4.69, 9.17) is 4.74 Å². The van der Waals surface area contributed by atoms with Gasteiger partial charge in [0.25, 0.3) is 5.91 Å². The lowest BCUT2D eigenvalue weighted by Crippen LogP contribution is -2.48. The van der Waals surface area contributed by atoms with E-state index in [2.05, 4.69) is 25.7 Å². The molecule has 10 nitrogen and oxygen atoms in total. The third-order valence-electron chi connectivity index (χ3n) is 6.05. The van der Waals surface area contributed by atoms with Gasteiger partial charge in [0, 0.05) is 37.0 Å². The van der Waals surface area contributed by atoms with Gasteiger partial charge >= 0.3 is 0 Å². The van der Waals surface area contributed by atoms with Crippen LogP contribution in [0.4, 0.5) is 11.5 Å². The molecule has 5 rings (SSSR count). The molecule has 2 amide bonds. The number of aromatic nitrogens is 4. The summed E-state index contributed by atoms with van der Waals surface area (Å²) in [6, 6.07) is 11.4. The minimum atomic E-state index is -0.710. The number of nitrogens with zero attached hydrogens (tertiary/aromatic N) is 5. The van der Waals surface area contributed by atoms with E-state index in [9.17, 15) is 9.59 Å². The van der Waals surface area contributed by atoms with E-state index in [-0.39, 0.29) is 11.7 Å². The van der Waals surface area contributed by atoms with E-state index in [1.54, 1.807) is 22.8 Å². The maximum absolute atomic E-state index is 13.1. The van der Waals surface area contributed by atoms with Crippen molar-refractivity contribution in [3.63, 3.8) is 0 Å². The second kappa shape index (κ2) is 10.4. The van der Waals surface area contributed by atoms with Crippen LogP contribution < -0.4 is 15.5 Å². The van der Waals surface area contributed by atoms with E-state index in [0.717, 1.165) is 48.0 Å². The zero-order chi connectivity index (χ0) is 24.2. The summed E-state index contributed by atoms with van der Waals surface area (Å²) in [7, 11) is 1.70. The predicted molar refractivity (Wildman–Crippen MR) is 133 cm³/mol. The van der Waals surface area contributed by atoms with Gasteiger partial charge in [0.05, 0.1) is 18.4 Å². The molecule has 4 heterocycles. The molecule has 1 saturated heterocycles. The Morgan fingerprint density at radius 2 is 2.00 bits per heavy atom. The van der Waals surface area contributed by atoms with Crippen molar-refractivity contribution < 1.29 is 14.3 Å². The van der Waals surface area contributed by atoms with Crippen LogP contribution in [0.25, 0.3) is 0 Å². The van der Waals surface area contributed by atoms with Crippen molar-refractivity contribution in [3.05, 3.63) is 60.3 Å². The maximum atomic E-state index is 13.1. The van der Waals surface area contributed by atoms with E-state index in [1.165, 1.54) is 18.1 Å². The molecule has 0 unspecified atom stereocenters. The highest BCUT2D eigenvalue weighted by molar-refractivity contribution is 7.99. The van der Waals surface area contributed by atoms with Crippen LogP contribution in [0.1, 0.15) is 29.0 Å². The van der Waals surface area contributed by atoms with Crippen molar-refractivity contribution in [1.29, 1.82) is 0 Å². The van der Waals surface area contributed by atoms with Gasteiger partial charge in [-0.25, -0.2) is 14.6 Å². The Bertz CT molecular complexity index is 1200. The molecule has 1 aromatic carbocycles. The number of amides is 2. The van der Waals surface area contributed by atoms with Crippen molar-refractivity contribution >= 4 is 35.1 Å². The first-order valence-corrected chi connectivity index (χ1v) is 12.5. The highest BCUT2D eigenvalue weighted by Gasteiger charge is 2.31. The van der Waals surface area contributed by atoms with Crippen molar-refractivity contribution in [2.45, 2.75) is 36.4 Å². The zero-order valence-electron chi connectivity index (χ0n) is 19.4. The van der Waals surface area contributed by atoms with Crippen LogP contribution in [-0.4, -0.2) is 69.7 Å². The number of rotatable bonds is 6. The van der Waals surface area contributed by atoms with Crippen LogP contribution in [0.5, 0.6) is 0 Å². The lowest BCUT2D eigenvalue weighted by molar-refractivity contribution is -0.119. The molecule has 2 N–H and O–H groups in total. The minimum absolute atomic E-state index is 0.0350. The van der Waals surface area contributed by atoms with Crippen LogP contribution >= 0.6 is 11.8 Å². The average molecular weight is 494 g/mol. The quantitative estimate of drug-likeness (QED) is 0.537. The second-order valence-corrected chi connectivity index (χ2v) is 9.62. The summed E-state index contributed by atoms with van der Waals surface area (Å²) in [5.74, 6) is 0.524. The summed E-state index contributed by atoms with van der Waals surface area (Å²) >= 11 is 1.52. The average Bonchev–Trinajstić information content (AvgIpc) is 3.31. The maximum Gasteiger partial charge on any atom is 0.291 e. The first-order valence-electron chi connectivity index (χ1n) is 11.6. The van der Waals surface area contributed by atoms with Gasteiger partial charge in [-0.1, -0.05) is 30.3 Å². The molecule has 1 atom stereocenters. The number of carbonyl (C=O) groups is 2. The van der Waals surface area contributed by atoms with Crippen molar-refractivity contribution in [1.82, 2.24) is 25.1 Å². The third-order valence-corrected chi connectivity index (χ3v) is 7.19. The standard InChI is InChI=1S/C24H27N7O3S/c1-30-19-12-25-21(27-17-7-9-34-10-8-17)11-20(19)35-14-18(24(30)33)28-23(32)22-26-15-31(29-22)13-16-5-3-2-4-6-16/h2-6,11-12,15,17-18H,7-10,13-14H2,1H3,(H,25,27)(H,28,32)/t18-/m0/s1. The molecule has 2 aliphatic rings. The fourth-order valence-electron chi connectivity index (χ4n) is 4.10. The fraction of sp³-hybridized carbons (Fsp3) is 0.375. The molecule has 3 aromatic rings. The molecule has 1 fully saturated rings. The number of benzene rings is 1. The highest BCUT2D eigenvalue weighted by Crippen LogP contribution is 2.35. The SMILES string of the molecule is CN1C(=O)[C@@H](NC(=O)c2ncn(Cc3ccccc3)n2)CSc2cc(NC3CCOCC3)ncc21. The number of likely N-dealkylation sites (N-methyl/N-ethyl adjacent to an activating group) is 1. The third kappa shape index (κ3) is 5.46. The Hall–Kier alpha value is -3.44. The lowest BCUT2D eigenvalue weighted by atomic mass is 10.1. The predicted octanol–water partition coefficient (Wildman–Crippen LogP) is 2.18. The molecule has 2 aliphatic heterocycles. The largest absolute Gasteiger partial charge is 0.381 e. The van der Waals surface area contributed by atoms with E-state index in [1.807, 2.05) is 36.4 Å². The first-order chi connectivity index (χ1) is 17.1. The number of ether oxygens (including phenoxy) is 1. The molecule has 0 aliphatic carbocycles. The fourth-order valence-corrected chi connectivity index (χ4v) is 5.20. The second-order valence-electron chi connectivity index (χ2n) is 8.55.